The second-order valence-corrected chi connectivity index (χ2v) is 8.33. The van der Waals surface area contributed by atoms with E-state index >= 15 is 0 Å². The molecule has 0 bridgehead atoms. The molecule has 1 aliphatic carbocycles. The zero-order chi connectivity index (χ0) is 19.2. The number of ether oxygens (including phenoxy) is 1. The molecular formula is C22H27NO3S. The number of esters is 1. The Hall–Kier alpha value is -2.14. The summed E-state index contributed by atoms with van der Waals surface area (Å²) in [4.78, 5) is 26.3. The summed E-state index contributed by atoms with van der Waals surface area (Å²) in [6.45, 7) is 4.61. The maximum absolute atomic E-state index is 12.6. The van der Waals surface area contributed by atoms with E-state index in [9.17, 15) is 9.59 Å². The summed E-state index contributed by atoms with van der Waals surface area (Å²) in [5.74, 6) is 0.245. The maximum Gasteiger partial charge on any atom is 0.341 e. The van der Waals surface area contributed by atoms with Crippen molar-refractivity contribution >= 4 is 28.2 Å². The Kier molecular flexibility index (Phi) is 6.67. The molecule has 1 aromatic heterocycles. The minimum Gasteiger partial charge on any atom is -0.462 e. The Labute approximate surface area is 164 Å². The molecule has 3 rings (SSSR count). The second kappa shape index (κ2) is 9.18. The maximum atomic E-state index is 12.6. The fraction of sp³-hybridized carbons (Fsp3) is 0.455. The molecule has 0 fully saturated rings. The third-order valence-corrected chi connectivity index (χ3v) is 6.06. The van der Waals surface area contributed by atoms with Crippen LogP contribution in [-0.4, -0.2) is 18.5 Å². The molecule has 4 nitrogen and oxygen atoms in total. The molecule has 1 unspecified atom stereocenters. The second-order valence-electron chi connectivity index (χ2n) is 7.23. The van der Waals surface area contributed by atoms with Crippen molar-refractivity contribution < 1.29 is 14.3 Å². The van der Waals surface area contributed by atoms with Crippen LogP contribution in [0.3, 0.4) is 0 Å². The quantitative estimate of drug-likeness (QED) is 0.682. The van der Waals surface area contributed by atoms with E-state index in [-0.39, 0.29) is 11.9 Å². The number of carbonyl (C=O) groups excluding carboxylic acids is 2. The van der Waals surface area contributed by atoms with Crippen molar-refractivity contribution in [3.8, 4) is 0 Å². The molecule has 27 heavy (non-hydrogen) atoms. The number of aryl methyl sites for hydroxylation is 1. The number of amides is 1. The van der Waals surface area contributed by atoms with E-state index in [4.69, 9.17) is 4.74 Å². The lowest BCUT2D eigenvalue weighted by Gasteiger charge is -2.18. The van der Waals surface area contributed by atoms with E-state index in [2.05, 4.69) is 12.2 Å². The van der Waals surface area contributed by atoms with Crippen molar-refractivity contribution in [1.29, 1.82) is 0 Å². The van der Waals surface area contributed by atoms with Gasteiger partial charge >= 0.3 is 5.97 Å². The van der Waals surface area contributed by atoms with Gasteiger partial charge in [-0.3, -0.25) is 4.79 Å². The Balaban J connectivity index is 1.75. The van der Waals surface area contributed by atoms with Gasteiger partial charge in [0, 0.05) is 11.3 Å². The standard InChI is InChI=1S/C22H27NO3S/c1-3-13-26-22(25)20-17-11-9-15(2)14-18(17)27-21(20)23-19(24)12-10-16-7-5-4-6-8-16/h4-8,15H,3,9-14H2,1-2H3,(H,23,24). The van der Waals surface area contributed by atoms with Crippen molar-refractivity contribution in [2.75, 3.05) is 11.9 Å². The number of fused-ring (bicyclic) bond motifs is 1. The average molecular weight is 386 g/mol. The van der Waals surface area contributed by atoms with Gasteiger partial charge in [0.25, 0.3) is 0 Å². The molecule has 0 spiro atoms. The van der Waals surface area contributed by atoms with Crippen LogP contribution in [0, 0.1) is 5.92 Å². The van der Waals surface area contributed by atoms with Crippen molar-refractivity contribution in [2.24, 2.45) is 5.92 Å². The first-order chi connectivity index (χ1) is 13.1. The smallest absolute Gasteiger partial charge is 0.341 e. The summed E-state index contributed by atoms with van der Waals surface area (Å²) in [5.41, 5.74) is 2.80. The first-order valence-corrected chi connectivity index (χ1v) is 10.6. The van der Waals surface area contributed by atoms with E-state index in [1.165, 1.54) is 4.88 Å². The Morgan fingerprint density at radius 3 is 2.78 bits per heavy atom. The fourth-order valence-electron chi connectivity index (χ4n) is 3.41. The number of carbonyl (C=O) groups is 2. The Morgan fingerprint density at radius 1 is 1.26 bits per heavy atom. The van der Waals surface area contributed by atoms with Crippen LogP contribution < -0.4 is 5.32 Å². The van der Waals surface area contributed by atoms with E-state index < -0.39 is 0 Å². The molecular weight excluding hydrogens is 358 g/mol. The van der Waals surface area contributed by atoms with Crippen LogP contribution in [0.1, 0.15) is 59.5 Å². The molecule has 1 amide bonds. The topological polar surface area (TPSA) is 55.4 Å². The summed E-state index contributed by atoms with van der Waals surface area (Å²) < 4.78 is 5.40. The molecule has 144 valence electrons. The molecule has 1 aromatic carbocycles. The molecule has 0 aliphatic heterocycles. The lowest BCUT2D eigenvalue weighted by Crippen LogP contribution is -2.17. The fourth-order valence-corrected chi connectivity index (χ4v) is 4.83. The predicted molar refractivity (Wildman–Crippen MR) is 109 cm³/mol. The molecule has 0 saturated carbocycles. The molecule has 1 heterocycles. The lowest BCUT2D eigenvalue weighted by molar-refractivity contribution is -0.116. The monoisotopic (exact) mass is 385 g/mol. The zero-order valence-corrected chi connectivity index (χ0v) is 16.9. The van der Waals surface area contributed by atoms with Crippen LogP contribution in [0.5, 0.6) is 0 Å². The van der Waals surface area contributed by atoms with Gasteiger partial charge in [-0.2, -0.15) is 0 Å². The normalized spacial score (nSPS) is 15.9. The average Bonchev–Trinajstić information content (AvgIpc) is 3.02. The minimum atomic E-state index is -0.303. The van der Waals surface area contributed by atoms with Crippen molar-refractivity contribution in [2.45, 2.75) is 52.4 Å². The molecule has 1 atom stereocenters. The van der Waals surface area contributed by atoms with Crippen molar-refractivity contribution in [3.05, 3.63) is 51.9 Å². The number of hydrogen-bond acceptors (Lipinski definition) is 4. The summed E-state index contributed by atoms with van der Waals surface area (Å²) in [6, 6.07) is 9.96. The van der Waals surface area contributed by atoms with E-state index in [1.807, 2.05) is 37.3 Å². The highest BCUT2D eigenvalue weighted by Gasteiger charge is 2.29. The number of thiophene rings is 1. The summed E-state index contributed by atoms with van der Waals surface area (Å²) in [5, 5.41) is 3.65. The molecule has 1 aliphatic rings. The van der Waals surface area contributed by atoms with Crippen molar-refractivity contribution in [3.63, 3.8) is 0 Å². The van der Waals surface area contributed by atoms with Crippen LogP contribution in [0.2, 0.25) is 0 Å². The van der Waals surface area contributed by atoms with Crippen LogP contribution in [-0.2, 0) is 28.8 Å². The number of nitrogens with one attached hydrogen (secondary N) is 1. The van der Waals surface area contributed by atoms with Gasteiger partial charge in [-0.1, -0.05) is 44.2 Å². The predicted octanol–water partition coefficient (Wildman–Crippen LogP) is 5.01. The van der Waals surface area contributed by atoms with Crippen LogP contribution >= 0.6 is 11.3 Å². The largest absolute Gasteiger partial charge is 0.462 e. The third kappa shape index (κ3) is 4.98. The molecule has 1 N–H and O–H groups in total. The molecule has 0 saturated heterocycles. The highest BCUT2D eigenvalue weighted by Crippen LogP contribution is 2.40. The van der Waals surface area contributed by atoms with Gasteiger partial charge in [0.1, 0.15) is 5.00 Å². The third-order valence-electron chi connectivity index (χ3n) is 4.89. The highest BCUT2D eigenvalue weighted by atomic mass is 32.1. The summed E-state index contributed by atoms with van der Waals surface area (Å²) >= 11 is 1.54. The zero-order valence-electron chi connectivity index (χ0n) is 16.0. The van der Waals surface area contributed by atoms with Gasteiger partial charge in [-0.05, 0) is 49.1 Å². The first kappa shape index (κ1) is 19.6. The van der Waals surface area contributed by atoms with Crippen molar-refractivity contribution in [1.82, 2.24) is 0 Å². The summed E-state index contributed by atoms with van der Waals surface area (Å²) in [6.07, 6.45) is 4.78. The number of hydrogen-bond donors (Lipinski definition) is 1. The van der Waals surface area contributed by atoms with E-state index in [1.54, 1.807) is 11.3 Å². The van der Waals surface area contributed by atoms with E-state index in [0.717, 1.165) is 36.8 Å². The Bertz CT molecular complexity index is 797. The number of rotatable bonds is 7. The Morgan fingerprint density at radius 2 is 2.04 bits per heavy atom. The lowest BCUT2D eigenvalue weighted by atomic mass is 9.88. The summed E-state index contributed by atoms with van der Waals surface area (Å²) in [7, 11) is 0. The van der Waals surface area contributed by atoms with E-state index in [0.29, 0.717) is 35.9 Å². The number of benzene rings is 1. The molecule has 0 radical (unpaired) electrons. The van der Waals surface area contributed by atoms with Crippen LogP contribution in [0.4, 0.5) is 5.00 Å². The van der Waals surface area contributed by atoms with Gasteiger partial charge in [0.15, 0.2) is 0 Å². The highest BCUT2D eigenvalue weighted by molar-refractivity contribution is 7.17. The SMILES string of the molecule is CCCOC(=O)c1c(NC(=O)CCc2ccccc2)sc2c1CCC(C)C2. The van der Waals surface area contributed by atoms with Gasteiger partial charge in [-0.25, -0.2) is 4.79 Å². The van der Waals surface area contributed by atoms with Gasteiger partial charge in [0.05, 0.1) is 12.2 Å². The van der Waals surface area contributed by atoms with Crippen LogP contribution in [0.15, 0.2) is 30.3 Å². The van der Waals surface area contributed by atoms with Gasteiger partial charge in [0.2, 0.25) is 5.91 Å². The molecule has 2 aromatic rings. The van der Waals surface area contributed by atoms with Gasteiger partial charge in [-0.15, -0.1) is 11.3 Å². The molecule has 5 heteroatoms. The number of anilines is 1. The minimum absolute atomic E-state index is 0.0601. The van der Waals surface area contributed by atoms with Crippen LogP contribution in [0.25, 0.3) is 0 Å². The van der Waals surface area contributed by atoms with Gasteiger partial charge < -0.3 is 10.1 Å². The first-order valence-electron chi connectivity index (χ1n) is 9.74.